The smallest absolute Gasteiger partial charge is 0.211 e. The predicted molar refractivity (Wildman–Crippen MR) is 60.8 cm³/mol. The Bertz CT molecular complexity index is 276. The van der Waals surface area contributed by atoms with Gasteiger partial charge in [-0.1, -0.05) is 0 Å². The Balaban J connectivity index is 2.42. The molecule has 1 aromatic rings. The largest absolute Gasteiger partial charge is 0.369 e. The van der Waals surface area contributed by atoms with Crippen LogP contribution < -0.4 is 10.6 Å². The number of hydrogen-bond donors (Lipinski definition) is 2. The molecular formula is C9H13N3OS. The Morgan fingerprint density at radius 1 is 1.57 bits per heavy atom. The minimum atomic E-state index is 0.637. The molecule has 0 aromatic carbocycles. The van der Waals surface area contributed by atoms with Crippen LogP contribution in [0.1, 0.15) is 0 Å². The molecule has 5 heteroatoms. The fourth-order valence-corrected chi connectivity index (χ4v) is 1.24. The van der Waals surface area contributed by atoms with E-state index >= 15 is 0 Å². The lowest BCUT2D eigenvalue weighted by Gasteiger charge is -2.04. The van der Waals surface area contributed by atoms with Crippen LogP contribution in [0.25, 0.3) is 0 Å². The minimum Gasteiger partial charge on any atom is -0.369 e. The van der Waals surface area contributed by atoms with Gasteiger partial charge in [-0.05, 0) is 18.4 Å². The van der Waals surface area contributed by atoms with Gasteiger partial charge in [0.25, 0.3) is 0 Å². The number of rotatable bonds is 6. The first-order chi connectivity index (χ1) is 6.86. The van der Waals surface area contributed by atoms with Gasteiger partial charge in [0.2, 0.25) is 6.41 Å². The molecule has 1 rings (SSSR count). The van der Waals surface area contributed by atoms with E-state index in [4.69, 9.17) is 0 Å². The third kappa shape index (κ3) is 3.66. The van der Waals surface area contributed by atoms with Crippen LogP contribution in [0.4, 0.5) is 11.5 Å². The molecule has 0 fully saturated rings. The van der Waals surface area contributed by atoms with E-state index in [9.17, 15) is 4.79 Å². The van der Waals surface area contributed by atoms with Gasteiger partial charge in [-0.3, -0.25) is 4.79 Å². The van der Waals surface area contributed by atoms with Gasteiger partial charge in [-0.25, -0.2) is 4.98 Å². The molecule has 14 heavy (non-hydrogen) atoms. The maximum Gasteiger partial charge on any atom is 0.211 e. The third-order valence-electron chi connectivity index (χ3n) is 1.60. The molecule has 2 N–H and O–H groups in total. The van der Waals surface area contributed by atoms with Gasteiger partial charge >= 0.3 is 0 Å². The summed E-state index contributed by atoms with van der Waals surface area (Å²) in [5.41, 5.74) is 0.704. The normalized spacial score (nSPS) is 9.50. The predicted octanol–water partition coefficient (Wildman–Crippen LogP) is 1.42. The van der Waals surface area contributed by atoms with E-state index in [0.29, 0.717) is 12.1 Å². The van der Waals surface area contributed by atoms with Crippen LogP contribution in [0.5, 0.6) is 0 Å². The van der Waals surface area contributed by atoms with Gasteiger partial charge in [-0.2, -0.15) is 11.8 Å². The van der Waals surface area contributed by atoms with Crippen molar-refractivity contribution < 1.29 is 4.79 Å². The second-order valence-electron chi connectivity index (χ2n) is 2.61. The number of carbonyl (C=O) groups excluding carboxylic acids is 1. The van der Waals surface area contributed by atoms with Crippen LogP contribution >= 0.6 is 11.8 Å². The highest BCUT2D eigenvalue weighted by Gasteiger charge is 1.93. The lowest BCUT2D eigenvalue weighted by atomic mass is 10.4. The van der Waals surface area contributed by atoms with Crippen LogP contribution in [-0.2, 0) is 4.79 Å². The second-order valence-corrected chi connectivity index (χ2v) is 3.60. The summed E-state index contributed by atoms with van der Waals surface area (Å²) in [5, 5.41) is 5.69. The summed E-state index contributed by atoms with van der Waals surface area (Å²) in [4.78, 5) is 14.2. The van der Waals surface area contributed by atoms with E-state index in [1.807, 2.05) is 12.1 Å². The minimum absolute atomic E-state index is 0.637. The molecule has 0 spiro atoms. The van der Waals surface area contributed by atoms with Crippen LogP contribution in [0.3, 0.4) is 0 Å². The van der Waals surface area contributed by atoms with E-state index in [0.717, 1.165) is 18.1 Å². The highest BCUT2D eigenvalue weighted by Crippen LogP contribution is 2.08. The van der Waals surface area contributed by atoms with E-state index in [-0.39, 0.29) is 0 Å². The number of carbonyl (C=O) groups is 1. The average molecular weight is 211 g/mol. The third-order valence-corrected chi connectivity index (χ3v) is 2.21. The van der Waals surface area contributed by atoms with Crippen LogP contribution in [0, 0.1) is 0 Å². The summed E-state index contributed by atoms with van der Waals surface area (Å²) < 4.78 is 0. The summed E-state index contributed by atoms with van der Waals surface area (Å²) in [6.07, 6.45) is 4.32. The standard InChI is InChI=1S/C9H13N3OS/c1-14-5-4-10-9-3-2-8(6-11-9)12-7-13/h2-3,6-7H,4-5H2,1H3,(H,10,11)(H,12,13). The first-order valence-electron chi connectivity index (χ1n) is 4.26. The number of hydrogen-bond acceptors (Lipinski definition) is 4. The number of thioether (sulfide) groups is 1. The Labute approximate surface area is 87.5 Å². The molecule has 1 amide bonds. The number of anilines is 2. The molecule has 4 nitrogen and oxygen atoms in total. The van der Waals surface area contributed by atoms with Crippen molar-refractivity contribution in [3.8, 4) is 0 Å². The summed E-state index contributed by atoms with van der Waals surface area (Å²) in [7, 11) is 0. The van der Waals surface area contributed by atoms with Gasteiger partial charge in [0.15, 0.2) is 0 Å². The highest BCUT2D eigenvalue weighted by molar-refractivity contribution is 7.98. The zero-order valence-electron chi connectivity index (χ0n) is 7.99. The molecule has 0 saturated carbocycles. The fourth-order valence-electron chi connectivity index (χ4n) is 0.933. The van der Waals surface area contributed by atoms with Crippen molar-refractivity contribution >= 4 is 29.7 Å². The Hall–Kier alpha value is -1.23. The summed E-state index contributed by atoms with van der Waals surface area (Å²) in [6.45, 7) is 0.897. The van der Waals surface area contributed by atoms with Crippen molar-refractivity contribution in [2.24, 2.45) is 0 Å². The van der Waals surface area contributed by atoms with Crippen molar-refractivity contribution in [1.82, 2.24) is 4.98 Å². The zero-order chi connectivity index (χ0) is 10.2. The van der Waals surface area contributed by atoms with Crippen molar-refractivity contribution in [2.75, 3.05) is 29.2 Å². The first-order valence-corrected chi connectivity index (χ1v) is 5.65. The van der Waals surface area contributed by atoms with Crippen molar-refractivity contribution in [1.29, 1.82) is 0 Å². The molecule has 0 aliphatic heterocycles. The van der Waals surface area contributed by atoms with Crippen LogP contribution in [-0.4, -0.2) is 29.9 Å². The molecular weight excluding hydrogens is 198 g/mol. The van der Waals surface area contributed by atoms with Gasteiger partial charge in [0, 0.05) is 12.3 Å². The topological polar surface area (TPSA) is 54.0 Å². The average Bonchev–Trinajstić information content (AvgIpc) is 2.21. The SMILES string of the molecule is CSCCNc1ccc(NC=O)cn1. The van der Waals surface area contributed by atoms with Gasteiger partial charge in [-0.15, -0.1) is 0 Å². The fraction of sp³-hybridized carbons (Fsp3) is 0.333. The molecule has 0 atom stereocenters. The molecule has 0 aliphatic rings. The maximum absolute atomic E-state index is 10.1. The number of nitrogens with one attached hydrogen (secondary N) is 2. The van der Waals surface area contributed by atoms with Crippen molar-refractivity contribution in [3.05, 3.63) is 18.3 Å². The van der Waals surface area contributed by atoms with Crippen molar-refractivity contribution in [2.45, 2.75) is 0 Å². The lowest BCUT2D eigenvalue weighted by Crippen LogP contribution is -2.05. The monoisotopic (exact) mass is 211 g/mol. The van der Waals surface area contributed by atoms with Gasteiger partial charge in [0.1, 0.15) is 5.82 Å². The van der Waals surface area contributed by atoms with Crippen LogP contribution in [0.2, 0.25) is 0 Å². The van der Waals surface area contributed by atoms with E-state index in [1.165, 1.54) is 0 Å². The molecule has 0 radical (unpaired) electrons. The first kappa shape index (κ1) is 10.8. The summed E-state index contributed by atoms with van der Waals surface area (Å²) >= 11 is 1.78. The number of nitrogens with zero attached hydrogens (tertiary/aromatic N) is 1. The molecule has 0 aliphatic carbocycles. The number of aromatic nitrogens is 1. The molecule has 0 saturated heterocycles. The maximum atomic E-state index is 10.1. The Morgan fingerprint density at radius 2 is 2.43 bits per heavy atom. The molecule has 0 unspecified atom stereocenters. The molecule has 1 heterocycles. The van der Waals surface area contributed by atoms with Crippen molar-refractivity contribution in [3.63, 3.8) is 0 Å². The summed E-state index contributed by atoms with van der Waals surface area (Å²) in [5.74, 6) is 1.88. The van der Waals surface area contributed by atoms with Gasteiger partial charge in [0.05, 0.1) is 11.9 Å². The number of pyridine rings is 1. The van der Waals surface area contributed by atoms with Gasteiger partial charge < -0.3 is 10.6 Å². The lowest BCUT2D eigenvalue weighted by molar-refractivity contribution is -0.105. The molecule has 0 bridgehead atoms. The zero-order valence-corrected chi connectivity index (χ0v) is 8.80. The second kappa shape index (κ2) is 6.26. The molecule has 76 valence electrons. The number of amides is 1. The van der Waals surface area contributed by atoms with Crippen LogP contribution in [0.15, 0.2) is 18.3 Å². The van der Waals surface area contributed by atoms with E-state index in [1.54, 1.807) is 18.0 Å². The Kier molecular flexibility index (Phi) is 4.85. The quantitative estimate of drug-likeness (QED) is 0.552. The van der Waals surface area contributed by atoms with E-state index in [2.05, 4.69) is 21.9 Å². The molecule has 1 aromatic heterocycles. The highest BCUT2D eigenvalue weighted by atomic mass is 32.2. The summed E-state index contributed by atoms with van der Waals surface area (Å²) in [6, 6.07) is 3.65. The Morgan fingerprint density at radius 3 is 3.00 bits per heavy atom. The van der Waals surface area contributed by atoms with E-state index < -0.39 is 0 Å².